The lowest BCUT2D eigenvalue weighted by atomic mass is 10.0. The van der Waals surface area contributed by atoms with E-state index < -0.39 is 24.0 Å². The maximum absolute atomic E-state index is 13.4. The van der Waals surface area contributed by atoms with Crippen molar-refractivity contribution in [3.8, 4) is 0 Å². The van der Waals surface area contributed by atoms with E-state index in [9.17, 15) is 14.4 Å². The molecule has 0 fully saturated rings. The van der Waals surface area contributed by atoms with Gasteiger partial charge in [-0.2, -0.15) is 0 Å². The predicted octanol–water partition coefficient (Wildman–Crippen LogP) is 3.77. The Kier molecular flexibility index (Phi) is 8.05. The molecule has 2 aromatic carbocycles. The Morgan fingerprint density at radius 2 is 1.39 bits per heavy atom. The average molecular weight is 489 g/mol. The van der Waals surface area contributed by atoms with Gasteiger partial charge in [0.1, 0.15) is 12.1 Å². The monoisotopic (exact) mass is 488 g/mol. The van der Waals surface area contributed by atoms with Gasteiger partial charge in [0.05, 0.1) is 6.61 Å². The van der Waals surface area contributed by atoms with Gasteiger partial charge in [-0.25, -0.2) is 4.79 Å². The molecule has 0 saturated heterocycles. The first kappa shape index (κ1) is 25.0. The third-order valence-corrected chi connectivity index (χ3v) is 6.24. The maximum atomic E-state index is 13.4. The van der Waals surface area contributed by atoms with E-state index in [4.69, 9.17) is 4.74 Å². The number of carbonyl (C=O) groups excluding carboxylic acids is 3. The minimum absolute atomic E-state index is 0.264. The van der Waals surface area contributed by atoms with Crippen molar-refractivity contribution in [2.45, 2.75) is 51.6 Å². The second-order valence-corrected chi connectivity index (χ2v) is 8.96. The number of hydrogen-bond donors (Lipinski definition) is 4. The summed E-state index contributed by atoms with van der Waals surface area (Å²) in [4.78, 5) is 44.8. The van der Waals surface area contributed by atoms with Gasteiger partial charge in [-0.1, -0.05) is 49.7 Å². The van der Waals surface area contributed by atoms with Crippen LogP contribution in [0, 0.1) is 0 Å². The lowest BCUT2D eigenvalue weighted by Crippen LogP contribution is -2.53. The van der Waals surface area contributed by atoms with Crippen molar-refractivity contribution in [3.63, 3.8) is 0 Å². The van der Waals surface area contributed by atoms with E-state index in [1.54, 1.807) is 0 Å². The smallest absolute Gasteiger partial charge is 0.328 e. The summed E-state index contributed by atoms with van der Waals surface area (Å²) in [6.07, 6.45) is 5.87. The molecule has 8 heteroatoms. The summed E-state index contributed by atoms with van der Waals surface area (Å²) >= 11 is 0. The molecule has 0 spiro atoms. The van der Waals surface area contributed by atoms with Crippen molar-refractivity contribution in [2.24, 2.45) is 0 Å². The minimum atomic E-state index is -0.896. The topological polar surface area (TPSA) is 116 Å². The number of hydrogen-bond acceptors (Lipinski definition) is 4. The molecular weight excluding hydrogens is 456 g/mol. The third-order valence-electron chi connectivity index (χ3n) is 6.24. The normalized spacial score (nSPS) is 12.8. The summed E-state index contributed by atoms with van der Waals surface area (Å²) in [5, 5.41) is 7.57. The molecule has 188 valence electrons. The van der Waals surface area contributed by atoms with Crippen LogP contribution in [0.4, 0.5) is 0 Å². The Balaban J connectivity index is 1.56. The van der Waals surface area contributed by atoms with E-state index in [1.807, 2.05) is 67.8 Å². The quantitative estimate of drug-likeness (QED) is 0.190. The van der Waals surface area contributed by atoms with Gasteiger partial charge >= 0.3 is 5.97 Å². The number of para-hydroxylation sites is 2. The van der Waals surface area contributed by atoms with E-state index in [1.165, 1.54) is 6.92 Å². The second kappa shape index (κ2) is 11.6. The molecule has 0 saturated carbocycles. The number of esters is 1. The molecular formula is C28H32N4O4. The van der Waals surface area contributed by atoms with Crippen molar-refractivity contribution in [1.29, 1.82) is 0 Å². The number of fused-ring (bicyclic) bond motifs is 2. The van der Waals surface area contributed by atoms with Crippen LogP contribution in [0.5, 0.6) is 0 Å². The molecule has 2 atom stereocenters. The van der Waals surface area contributed by atoms with Crippen LogP contribution in [-0.4, -0.2) is 46.4 Å². The molecule has 0 aliphatic carbocycles. The lowest BCUT2D eigenvalue weighted by Gasteiger charge is -2.22. The van der Waals surface area contributed by atoms with E-state index >= 15 is 0 Å². The molecule has 0 radical (unpaired) electrons. The lowest BCUT2D eigenvalue weighted by molar-refractivity contribution is -0.148. The molecule has 4 aromatic rings. The number of amides is 2. The predicted molar refractivity (Wildman–Crippen MR) is 139 cm³/mol. The minimum Gasteiger partial charge on any atom is -0.464 e. The molecule has 0 unspecified atom stereocenters. The van der Waals surface area contributed by atoms with Crippen LogP contribution in [0.2, 0.25) is 0 Å². The summed E-state index contributed by atoms with van der Waals surface area (Å²) in [5.41, 5.74) is 3.70. The number of carbonyl (C=O) groups is 3. The van der Waals surface area contributed by atoms with Crippen molar-refractivity contribution in [2.75, 3.05) is 6.61 Å². The highest BCUT2D eigenvalue weighted by Gasteiger charge is 2.29. The molecule has 8 nitrogen and oxygen atoms in total. The number of unbranched alkanes of at least 4 members (excludes halogenated alkanes) is 1. The van der Waals surface area contributed by atoms with Crippen molar-refractivity contribution in [1.82, 2.24) is 20.6 Å². The summed E-state index contributed by atoms with van der Waals surface area (Å²) in [6.45, 7) is 3.68. The fourth-order valence-electron chi connectivity index (χ4n) is 4.38. The molecule has 36 heavy (non-hydrogen) atoms. The number of nitrogens with one attached hydrogen (secondary N) is 4. The first-order valence-corrected chi connectivity index (χ1v) is 12.3. The van der Waals surface area contributed by atoms with Crippen molar-refractivity contribution in [3.05, 3.63) is 72.1 Å². The Hall–Kier alpha value is -4.07. The summed E-state index contributed by atoms with van der Waals surface area (Å²) in [5.74, 6) is -1.25. The Morgan fingerprint density at radius 1 is 0.833 bits per heavy atom. The molecule has 0 aliphatic rings. The third kappa shape index (κ3) is 5.94. The van der Waals surface area contributed by atoms with Crippen molar-refractivity contribution >= 4 is 39.6 Å². The van der Waals surface area contributed by atoms with Gasteiger partial charge in [0.15, 0.2) is 0 Å². The highest BCUT2D eigenvalue weighted by molar-refractivity contribution is 5.92. The molecule has 4 rings (SSSR count). The fraction of sp³-hybridized carbons (Fsp3) is 0.321. The van der Waals surface area contributed by atoms with E-state index in [-0.39, 0.29) is 18.7 Å². The zero-order chi connectivity index (χ0) is 25.5. The fourth-order valence-corrected chi connectivity index (χ4v) is 4.38. The molecule has 0 aliphatic heterocycles. The van der Waals surface area contributed by atoms with Gasteiger partial charge < -0.3 is 25.3 Å². The number of H-pyrrole nitrogens is 2. The van der Waals surface area contributed by atoms with Crippen LogP contribution in [0.25, 0.3) is 21.8 Å². The van der Waals surface area contributed by atoms with E-state index in [0.717, 1.165) is 45.8 Å². The number of rotatable bonds is 11. The SMILES string of the molecule is CCCCOC(=O)[C@H](Cc1c[nH]c2ccccc12)NC(=O)[C@H](Cc1c[nH]c2ccccc12)NC(C)=O. The van der Waals surface area contributed by atoms with Crippen molar-refractivity contribution < 1.29 is 19.1 Å². The Labute approximate surface area is 209 Å². The Morgan fingerprint density at radius 3 is 1.94 bits per heavy atom. The van der Waals surface area contributed by atoms with Gasteiger partial charge in [0, 0.05) is 54.0 Å². The van der Waals surface area contributed by atoms with Crippen LogP contribution >= 0.6 is 0 Å². The van der Waals surface area contributed by atoms with Gasteiger partial charge in [-0.05, 0) is 29.7 Å². The molecule has 4 N–H and O–H groups in total. The van der Waals surface area contributed by atoms with Gasteiger partial charge in [0.2, 0.25) is 11.8 Å². The van der Waals surface area contributed by atoms with Crippen LogP contribution in [0.15, 0.2) is 60.9 Å². The van der Waals surface area contributed by atoms with Crippen LogP contribution in [-0.2, 0) is 32.0 Å². The molecule has 2 amide bonds. The van der Waals surface area contributed by atoms with Gasteiger partial charge in [0.25, 0.3) is 0 Å². The maximum Gasteiger partial charge on any atom is 0.328 e. The molecule has 2 heterocycles. The largest absolute Gasteiger partial charge is 0.464 e. The zero-order valence-corrected chi connectivity index (χ0v) is 20.6. The number of benzene rings is 2. The summed E-state index contributed by atoms with van der Waals surface area (Å²) < 4.78 is 5.47. The van der Waals surface area contributed by atoms with Gasteiger partial charge in [-0.3, -0.25) is 9.59 Å². The van der Waals surface area contributed by atoms with Crippen LogP contribution in [0.3, 0.4) is 0 Å². The molecule has 0 bridgehead atoms. The van der Waals surface area contributed by atoms with Crippen LogP contribution < -0.4 is 10.6 Å². The zero-order valence-electron chi connectivity index (χ0n) is 20.6. The molecule has 2 aromatic heterocycles. The standard InChI is InChI=1S/C28H32N4O4/c1-3-4-13-36-28(35)26(15-20-17-30-24-12-8-6-10-22(20)24)32-27(34)25(31-18(2)33)14-19-16-29-23-11-7-5-9-21(19)23/h5-12,16-17,25-26,29-30H,3-4,13-15H2,1-2H3,(H,31,33)(H,32,34)/t25-,26-/m0/s1. The Bertz CT molecular complexity index is 1360. The first-order valence-electron chi connectivity index (χ1n) is 12.3. The number of ether oxygens (including phenoxy) is 1. The average Bonchev–Trinajstić information content (AvgIpc) is 3.47. The second-order valence-electron chi connectivity index (χ2n) is 8.96. The van der Waals surface area contributed by atoms with E-state index in [2.05, 4.69) is 20.6 Å². The summed E-state index contributed by atoms with van der Waals surface area (Å²) in [6, 6.07) is 13.8. The van der Waals surface area contributed by atoms with Gasteiger partial charge in [-0.15, -0.1) is 0 Å². The summed E-state index contributed by atoms with van der Waals surface area (Å²) in [7, 11) is 0. The highest BCUT2D eigenvalue weighted by Crippen LogP contribution is 2.21. The highest BCUT2D eigenvalue weighted by atomic mass is 16.5. The number of aromatic amines is 2. The van der Waals surface area contributed by atoms with Crippen LogP contribution in [0.1, 0.15) is 37.8 Å². The van der Waals surface area contributed by atoms with E-state index in [0.29, 0.717) is 6.61 Å². The first-order chi connectivity index (χ1) is 17.5. The number of aromatic nitrogens is 2.